The molecule has 1 unspecified atom stereocenters. The number of carboxylic acid groups (broad SMARTS) is 1. The Morgan fingerprint density at radius 3 is 2.82 bits per heavy atom. The number of rotatable bonds is 1. The molecule has 11 heavy (non-hydrogen) atoms. The molecule has 0 saturated heterocycles. The summed E-state index contributed by atoms with van der Waals surface area (Å²) < 4.78 is -0.435. The van der Waals surface area contributed by atoms with Crippen LogP contribution < -0.4 is 5.32 Å². The lowest BCUT2D eigenvalue weighted by molar-refractivity contribution is -0.132. The van der Waals surface area contributed by atoms with Gasteiger partial charge in [0.05, 0.1) is 5.57 Å². The van der Waals surface area contributed by atoms with E-state index >= 15 is 0 Å². The zero-order valence-corrected chi connectivity index (χ0v) is 7.55. The second-order valence-electron chi connectivity index (χ2n) is 2.46. The van der Waals surface area contributed by atoms with Crippen molar-refractivity contribution >= 4 is 21.9 Å². The average Bonchev–Trinajstić information content (AvgIpc) is 1.85. The fourth-order valence-electron chi connectivity index (χ4n) is 0.809. The van der Waals surface area contributed by atoms with E-state index in [0.717, 1.165) is 0 Å². The van der Waals surface area contributed by atoms with Crippen LogP contribution in [0, 0.1) is 0 Å². The predicted octanol–water partition coefficient (Wildman–Crippen LogP) is 1.23. The summed E-state index contributed by atoms with van der Waals surface area (Å²) in [6, 6.07) is 0. The van der Waals surface area contributed by atoms with Gasteiger partial charge in [0.15, 0.2) is 0 Å². The molecule has 60 valence electrons. The van der Waals surface area contributed by atoms with Gasteiger partial charge in [-0.2, -0.15) is 0 Å². The van der Waals surface area contributed by atoms with Crippen molar-refractivity contribution in [1.29, 1.82) is 0 Å². The van der Waals surface area contributed by atoms with Crippen molar-refractivity contribution in [1.82, 2.24) is 5.32 Å². The summed E-state index contributed by atoms with van der Waals surface area (Å²) in [5, 5.41) is 11.5. The van der Waals surface area contributed by atoms with Crippen LogP contribution in [0.3, 0.4) is 0 Å². The second kappa shape index (κ2) is 2.70. The molecule has 1 heterocycles. The van der Waals surface area contributed by atoms with Crippen molar-refractivity contribution in [3.63, 3.8) is 0 Å². The number of dihydropyridines is 1. The maximum Gasteiger partial charge on any atom is 0.335 e. The van der Waals surface area contributed by atoms with Gasteiger partial charge >= 0.3 is 5.97 Å². The third-order valence-corrected chi connectivity index (χ3v) is 1.76. The molecule has 3 nitrogen and oxygen atoms in total. The van der Waals surface area contributed by atoms with Gasteiger partial charge in [0.2, 0.25) is 0 Å². The molecule has 0 amide bonds. The van der Waals surface area contributed by atoms with Gasteiger partial charge in [0, 0.05) is 0 Å². The molecule has 1 atom stereocenters. The number of carboxylic acids is 1. The number of carbonyl (C=O) groups is 1. The molecule has 0 fully saturated rings. The highest BCUT2D eigenvalue weighted by Gasteiger charge is 2.20. The molecular weight excluding hydrogens is 210 g/mol. The summed E-state index contributed by atoms with van der Waals surface area (Å²) in [5.41, 5.74) is 0.295. The first-order valence-corrected chi connectivity index (χ1v) is 3.90. The maximum absolute atomic E-state index is 10.5. The number of halogens is 1. The minimum absolute atomic E-state index is 0.295. The van der Waals surface area contributed by atoms with Crippen molar-refractivity contribution in [2.45, 2.75) is 11.4 Å². The summed E-state index contributed by atoms with van der Waals surface area (Å²) in [6.07, 6.45) is 4.73. The first-order valence-electron chi connectivity index (χ1n) is 3.10. The van der Waals surface area contributed by atoms with E-state index in [1.807, 2.05) is 6.92 Å². The lowest BCUT2D eigenvalue weighted by atomic mass is 10.1. The van der Waals surface area contributed by atoms with E-state index in [1.54, 1.807) is 12.3 Å². The fourth-order valence-corrected chi connectivity index (χ4v) is 1.19. The summed E-state index contributed by atoms with van der Waals surface area (Å²) in [6.45, 7) is 1.83. The van der Waals surface area contributed by atoms with Crippen LogP contribution in [-0.4, -0.2) is 15.5 Å². The first-order chi connectivity index (χ1) is 5.01. The van der Waals surface area contributed by atoms with Crippen LogP contribution in [0.2, 0.25) is 0 Å². The highest BCUT2D eigenvalue weighted by atomic mass is 79.9. The Balaban J connectivity index is 2.89. The predicted molar refractivity (Wildman–Crippen MR) is 45.3 cm³/mol. The molecule has 2 N–H and O–H groups in total. The molecule has 1 aliphatic heterocycles. The van der Waals surface area contributed by atoms with Gasteiger partial charge in [-0.1, -0.05) is 15.9 Å². The summed E-state index contributed by atoms with van der Waals surface area (Å²) in [5.74, 6) is -0.909. The van der Waals surface area contributed by atoms with Crippen LogP contribution >= 0.6 is 15.9 Å². The molecule has 1 rings (SSSR count). The molecule has 0 aliphatic carbocycles. The minimum atomic E-state index is -0.909. The molecule has 4 heteroatoms. The van der Waals surface area contributed by atoms with Crippen molar-refractivity contribution in [3.8, 4) is 0 Å². The highest BCUT2D eigenvalue weighted by molar-refractivity contribution is 9.10. The van der Waals surface area contributed by atoms with E-state index in [1.165, 1.54) is 6.08 Å². The van der Waals surface area contributed by atoms with Crippen molar-refractivity contribution < 1.29 is 9.90 Å². The Hall–Kier alpha value is -0.770. The molecule has 1 aliphatic rings. The highest BCUT2D eigenvalue weighted by Crippen LogP contribution is 2.20. The summed E-state index contributed by atoms with van der Waals surface area (Å²) in [4.78, 5) is 10.5. The van der Waals surface area contributed by atoms with Gasteiger partial charge < -0.3 is 10.4 Å². The normalized spacial score (nSPS) is 29.1. The largest absolute Gasteiger partial charge is 0.478 e. The quantitative estimate of drug-likeness (QED) is 0.514. The summed E-state index contributed by atoms with van der Waals surface area (Å²) in [7, 11) is 0. The van der Waals surface area contributed by atoms with Gasteiger partial charge in [-0.3, -0.25) is 0 Å². The van der Waals surface area contributed by atoms with E-state index in [4.69, 9.17) is 5.11 Å². The molecule has 0 aromatic carbocycles. The number of aliphatic carboxylic acids is 1. The summed E-state index contributed by atoms with van der Waals surface area (Å²) >= 11 is 3.30. The smallest absolute Gasteiger partial charge is 0.335 e. The van der Waals surface area contributed by atoms with Crippen LogP contribution in [0.25, 0.3) is 0 Å². The average molecular weight is 218 g/mol. The Bertz CT molecular complexity index is 243. The van der Waals surface area contributed by atoms with Crippen LogP contribution in [0.5, 0.6) is 0 Å². The number of alkyl halides is 1. The van der Waals surface area contributed by atoms with Crippen LogP contribution in [-0.2, 0) is 4.79 Å². The number of nitrogens with one attached hydrogen (secondary N) is 1. The van der Waals surface area contributed by atoms with E-state index in [9.17, 15) is 4.79 Å². The zero-order chi connectivity index (χ0) is 8.48. The maximum atomic E-state index is 10.5. The van der Waals surface area contributed by atoms with Gasteiger partial charge in [-0.25, -0.2) is 4.79 Å². The monoisotopic (exact) mass is 217 g/mol. The van der Waals surface area contributed by atoms with Gasteiger partial charge in [0.1, 0.15) is 4.45 Å². The molecule has 0 aromatic heterocycles. The first kappa shape index (κ1) is 8.33. The minimum Gasteiger partial charge on any atom is -0.478 e. The third-order valence-electron chi connectivity index (χ3n) is 1.30. The van der Waals surface area contributed by atoms with Crippen molar-refractivity contribution in [2.24, 2.45) is 0 Å². The lowest BCUT2D eigenvalue weighted by Crippen LogP contribution is -2.32. The molecule has 0 radical (unpaired) electrons. The Morgan fingerprint density at radius 1 is 1.82 bits per heavy atom. The second-order valence-corrected chi connectivity index (χ2v) is 4.11. The molecule has 0 bridgehead atoms. The Labute approximate surface area is 72.9 Å². The number of hydrogen-bond acceptors (Lipinski definition) is 2. The topological polar surface area (TPSA) is 49.3 Å². The van der Waals surface area contributed by atoms with Crippen molar-refractivity contribution in [3.05, 3.63) is 23.9 Å². The van der Waals surface area contributed by atoms with Gasteiger partial charge in [-0.05, 0) is 25.3 Å². The zero-order valence-electron chi connectivity index (χ0n) is 5.97. The Kier molecular flexibility index (Phi) is 2.04. The standard InChI is InChI=1S/C7H8BrNO2/c1-7(8)4-5(6(10)11)2-3-9-7/h2-4,9H,1H3,(H,10,11). The van der Waals surface area contributed by atoms with Crippen LogP contribution in [0.4, 0.5) is 0 Å². The number of hydrogen-bond donors (Lipinski definition) is 2. The van der Waals surface area contributed by atoms with E-state index in [2.05, 4.69) is 21.2 Å². The van der Waals surface area contributed by atoms with Gasteiger partial charge in [0.25, 0.3) is 0 Å². The lowest BCUT2D eigenvalue weighted by Gasteiger charge is -2.22. The molecular formula is C7H8BrNO2. The molecule has 0 spiro atoms. The SMILES string of the molecule is CC1(Br)C=C(C(=O)O)C=CN1. The molecule has 0 aromatic rings. The Morgan fingerprint density at radius 2 is 2.45 bits per heavy atom. The fraction of sp³-hybridized carbons (Fsp3) is 0.286. The van der Waals surface area contributed by atoms with Gasteiger partial charge in [-0.15, -0.1) is 0 Å². The van der Waals surface area contributed by atoms with E-state index < -0.39 is 10.4 Å². The van der Waals surface area contributed by atoms with Crippen LogP contribution in [0.1, 0.15) is 6.92 Å². The van der Waals surface area contributed by atoms with Crippen molar-refractivity contribution in [2.75, 3.05) is 0 Å². The van der Waals surface area contributed by atoms with E-state index in [0.29, 0.717) is 5.57 Å². The van der Waals surface area contributed by atoms with Crippen LogP contribution in [0.15, 0.2) is 23.9 Å². The third kappa shape index (κ3) is 2.08. The van der Waals surface area contributed by atoms with E-state index in [-0.39, 0.29) is 0 Å². The molecule has 0 saturated carbocycles.